The van der Waals surface area contributed by atoms with E-state index in [9.17, 15) is 0 Å². The molecule has 588 valence electrons. The minimum atomic E-state index is 0.796. The summed E-state index contributed by atoms with van der Waals surface area (Å²) in [6.07, 6.45) is 0.796. The highest BCUT2D eigenvalue weighted by atomic mass is 15.2. The van der Waals surface area contributed by atoms with Gasteiger partial charge >= 0.3 is 0 Å². The standard InChI is InChI=1S/C123H81N3/c1-6-24-81(25-7-1)89-34-20-38-93(70-89)97-52-64-116-103(74-97)76-104-75-98(94-39-21-35-90(71-94)82-26-8-2-9-27-82)53-65-117(104)124(116)105-58-46-85(47-59-105)99-54-66-118-112(77-99)113-78-100(55-67-119(113)126(118)107-62-50-88(51-63-107)123-110-44-18-16-42-108(110)122(87-32-14-5-15-33-87)109-43-17-19-45-111(109)123)86-48-60-106(61-49-86)125-120-68-56-101(95-40-22-36-91(72-95)83-28-10-3-11-29-83)79-114(120)115-80-102(57-69-121(115)125)96-41-23-37-92(73-96)84-30-12-4-13-31-84/h1-75,77-80H,76H2. The van der Waals surface area contributed by atoms with Crippen molar-refractivity contribution in [3.63, 3.8) is 0 Å². The lowest BCUT2D eigenvalue weighted by molar-refractivity contribution is 1.09. The summed E-state index contributed by atoms with van der Waals surface area (Å²) >= 11 is 0. The molecule has 3 heterocycles. The van der Waals surface area contributed by atoms with Crippen LogP contribution >= 0.6 is 0 Å². The smallest absolute Gasteiger partial charge is 0.0541 e. The van der Waals surface area contributed by atoms with Gasteiger partial charge in [-0.3, -0.25) is 0 Å². The first-order chi connectivity index (χ1) is 62.4. The second-order valence-corrected chi connectivity index (χ2v) is 33.4. The van der Waals surface area contributed by atoms with E-state index in [2.05, 4.69) is 493 Å². The third-order valence-electron chi connectivity index (χ3n) is 26.1. The van der Waals surface area contributed by atoms with E-state index in [0.29, 0.717) is 0 Å². The van der Waals surface area contributed by atoms with Crippen LogP contribution < -0.4 is 4.90 Å². The summed E-state index contributed by atoms with van der Waals surface area (Å²) in [4.78, 5) is 2.49. The van der Waals surface area contributed by atoms with Gasteiger partial charge in [0.1, 0.15) is 0 Å². The van der Waals surface area contributed by atoms with Gasteiger partial charge in [-0.05, 0) is 300 Å². The molecule has 0 radical (unpaired) electrons. The zero-order valence-corrected chi connectivity index (χ0v) is 69.2. The molecule has 0 N–H and O–H groups in total. The van der Waals surface area contributed by atoms with E-state index >= 15 is 0 Å². The Kier molecular flexibility index (Phi) is 18.0. The van der Waals surface area contributed by atoms with Crippen molar-refractivity contribution in [1.82, 2.24) is 9.13 Å². The van der Waals surface area contributed by atoms with Crippen molar-refractivity contribution in [3.8, 4) is 145 Å². The summed E-state index contributed by atoms with van der Waals surface area (Å²) in [6, 6.07) is 178. The molecular weight excluding hydrogens is 1520 g/mol. The molecule has 23 aromatic rings. The highest BCUT2D eigenvalue weighted by molar-refractivity contribution is 6.22. The van der Waals surface area contributed by atoms with E-state index in [0.717, 1.165) is 67.8 Å². The summed E-state index contributed by atoms with van der Waals surface area (Å²) in [7, 11) is 0. The second kappa shape index (κ2) is 30.9. The van der Waals surface area contributed by atoms with Gasteiger partial charge in [0.2, 0.25) is 0 Å². The number of aromatic nitrogens is 2. The van der Waals surface area contributed by atoms with Crippen molar-refractivity contribution in [3.05, 3.63) is 490 Å². The van der Waals surface area contributed by atoms with Crippen LogP contribution in [0.25, 0.3) is 210 Å². The number of benzene rings is 21. The van der Waals surface area contributed by atoms with E-state index in [1.165, 1.54) is 177 Å². The van der Waals surface area contributed by atoms with Crippen LogP contribution in [0.5, 0.6) is 0 Å². The quantitative estimate of drug-likeness (QED) is 0.0933. The number of nitrogens with zero attached hydrogens (tertiary/aromatic N) is 3. The minimum absolute atomic E-state index is 0.796. The maximum atomic E-state index is 2.49. The number of rotatable bonds is 15. The van der Waals surface area contributed by atoms with Crippen LogP contribution in [0.4, 0.5) is 17.1 Å². The summed E-state index contributed by atoms with van der Waals surface area (Å²) in [5.41, 5.74) is 41.4. The average Bonchev–Trinajstić information content (AvgIpc) is 1.73. The summed E-state index contributed by atoms with van der Waals surface area (Å²) in [5, 5.41) is 9.72. The zero-order chi connectivity index (χ0) is 83.1. The fourth-order valence-electron chi connectivity index (χ4n) is 20.0. The Morgan fingerprint density at radius 2 is 0.341 bits per heavy atom. The Morgan fingerprint density at radius 3 is 0.651 bits per heavy atom. The Balaban J connectivity index is 0.623. The molecule has 0 bridgehead atoms. The molecule has 24 rings (SSSR count). The van der Waals surface area contributed by atoms with Crippen LogP contribution in [0.15, 0.2) is 479 Å². The third-order valence-corrected chi connectivity index (χ3v) is 26.1. The Hall–Kier alpha value is -16.5. The first kappa shape index (κ1) is 73.5. The molecule has 0 saturated carbocycles. The molecule has 3 nitrogen and oxygen atoms in total. The number of anilines is 3. The highest BCUT2D eigenvalue weighted by Gasteiger charge is 2.28. The van der Waals surface area contributed by atoms with E-state index in [4.69, 9.17) is 0 Å². The van der Waals surface area contributed by atoms with Gasteiger partial charge in [-0.1, -0.05) is 346 Å². The zero-order valence-electron chi connectivity index (χ0n) is 69.2. The maximum absolute atomic E-state index is 2.49. The lowest BCUT2D eigenvalue weighted by atomic mass is 9.86. The summed E-state index contributed by atoms with van der Waals surface area (Å²) in [5.74, 6) is 0. The molecule has 0 atom stereocenters. The van der Waals surface area contributed by atoms with Crippen LogP contribution in [-0.4, -0.2) is 9.13 Å². The van der Waals surface area contributed by atoms with Crippen molar-refractivity contribution in [2.24, 2.45) is 0 Å². The molecule has 2 aromatic heterocycles. The first-order valence-electron chi connectivity index (χ1n) is 43.6. The molecule has 1 aliphatic rings. The topological polar surface area (TPSA) is 13.1 Å². The van der Waals surface area contributed by atoms with Gasteiger partial charge in [-0.2, -0.15) is 0 Å². The molecule has 0 spiro atoms. The van der Waals surface area contributed by atoms with E-state index in [-0.39, 0.29) is 0 Å². The van der Waals surface area contributed by atoms with Crippen molar-refractivity contribution < 1.29 is 0 Å². The third kappa shape index (κ3) is 13.1. The van der Waals surface area contributed by atoms with Crippen LogP contribution in [0.2, 0.25) is 0 Å². The molecule has 0 aliphatic carbocycles. The van der Waals surface area contributed by atoms with Crippen molar-refractivity contribution in [2.45, 2.75) is 6.42 Å². The average molecular weight is 1600 g/mol. The SMILES string of the molecule is c1ccc(-c2cccc(-c3ccc4c(c3)Cc3cc(-c5cccc(-c6ccccc6)c5)ccc3N4c3ccc(-c4ccc5c(c4)c4cc(-c6ccc(-n7c8ccc(-c9cccc(-c%10ccccc%10)c9)cc8c8cc(-c9cccc(-c%10ccccc%10)c9)ccc87)cc6)ccc4n5-c4ccc(-c5c6ccccc6c(-c6ccccc6)c6ccccc56)cc4)cc3)c2)cc1. The minimum Gasteiger partial charge on any atom is -0.310 e. The van der Waals surface area contributed by atoms with Gasteiger partial charge in [0.15, 0.2) is 0 Å². The van der Waals surface area contributed by atoms with Gasteiger partial charge < -0.3 is 14.0 Å². The van der Waals surface area contributed by atoms with Crippen LogP contribution in [0, 0.1) is 0 Å². The maximum Gasteiger partial charge on any atom is 0.0541 e. The molecule has 21 aromatic carbocycles. The molecule has 0 saturated heterocycles. The van der Waals surface area contributed by atoms with Gasteiger partial charge in [-0.15, -0.1) is 0 Å². The first-order valence-corrected chi connectivity index (χ1v) is 43.6. The second-order valence-electron chi connectivity index (χ2n) is 33.4. The lowest BCUT2D eigenvalue weighted by Gasteiger charge is -2.34. The summed E-state index contributed by atoms with van der Waals surface area (Å²) < 4.78 is 4.93. The largest absolute Gasteiger partial charge is 0.310 e. The van der Waals surface area contributed by atoms with Crippen LogP contribution in [0.1, 0.15) is 11.1 Å². The predicted molar refractivity (Wildman–Crippen MR) is 533 cm³/mol. The molecule has 1 aliphatic heterocycles. The number of hydrogen-bond donors (Lipinski definition) is 0. The fraction of sp³-hybridized carbons (Fsp3) is 0.00813. The Labute approximate surface area is 732 Å². The molecule has 3 heteroatoms. The van der Waals surface area contributed by atoms with Gasteiger partial charge in [0, 0.05) is 56.4 Å². The lowest BCUT2D eigenvalue weighted by Crippen LogP contribution is -2.18. The molecular formula is C123H81N3. The number of fused-ring (bicyclic) bond motifs is 10. The Bertz CT molecular complexity index is 7840. The van der Waals surface area contributed by atoms with Gasteiger partial charge in [0.25, 0.3) is 0 Å². The van der Waals surface area contributed by atoms with Crippen LogP contribution in [0.3, 0.4) is 0 Å². The highest BCUT2D eigenvalue weighted by Crippen LogP contribution is 2.50. The molecule has 0 unspecified atom stereocenters. The Morgan fingerprint density at radius 1 is 0.135 bits per heavy atom. The van der Waals surface area contributed by atoms with Crippen molar-refractivity contribution >= 4 is 82.2 Å². The van der Waals surface area contributed by atoms with E-state index in [1.54, 1.807) is 0 Å². The normalized spacial score (nSPS) is 11.9. The van der Waals surface area contributed by atoms with Crippen molar-refractivity contribution in [1.29, 1.82) is 0 Å². The van der Waals surface area contributed by atoms with Gasteiger partial charge in [0.05, 0.1) is 22.1 Å². The summed E-state index contributed by atoms with van der Waals surface area (Å²) in [6.45, 7) is 0. The fourth-order valence-corrected chi connectivity index (χ4v) is 20.0. The van der Waals surface area contributed by atoms with E-state index in [1.807, 2.05) is 0 Å². The predicted octanol–water partition coefficient (Wildman–Crippen LogP) is 33.6. The monoisotopic (exact) mass is 1600 g/mol. The molecule has 126 heavy (non-hydrogen) atoms. The van der Waals surface area contributed by atoms with E-state index < -0.39 is 0 Å². The van der Waals surface area contributed by atoms with Crippen LogP contribution in [-0.2, 0) is 6.42 Å². The number of hydrogen-bond acceptors (Lipinski definition) is 1. The van der Waals surface area contributed by atoms with Crippen molar-refractivity contribution in [2.75, 3.05) is 4.90 Å². The van der Waals surface area contributed by atoms with Gasteiger partial charge in [-0.25, -0.2) is 0 Å². The molecule has 0 fully saturated rings. The molecule has 0 amide bonds.